The first kappa shape index (κ1) is 10.4. The Labute approximate surface area is 79.1 Å². The Morgan fingerprint density at radius 3 is 3.08 bits per heavy atom. The van der Waals surface area contributed by atoms with Crippen LogP contribution >= 0.6 is 11.8 Å². The van der Waals surface area contributed by atoms with E-state index >= 15 is 0 Å². The Bertz CT molecular complexity index is 115. The number of aliphatic hydroxyl groups excluding tert-OH is 1. The van der Waals surface area contributed by atoms with E-state index < -0.39 is 0 Å². The molecule has 0 radical (unpaired) electrons. The minimum absolute atomic E-state index is 0.327. The van der Waals surface area contributed by atoms with Gasteiger partial charge >= 0.3 is 0 Å². The molecule has 2 nitrogen and oxygen atoms in total. The lowest BCUT2D eigenvalue weighted by Crippen LogP contribution is -2.32. The van der Waals surface area contributed by atoms with Gasteiger partial charge in [0.25, 0.3) is 0 Å². The van der Waals surface area contributed by atoms with Crippen LogP contribution in [0.15, 0.2) is 0 Å². The van der Waals surface area contributed by atoms with Gasteiger partial charge in [0.1, 0.15) is 0 Å². The average molecular weight is 189 g/mol. The number of nitrogens with one attached hydrogen (secondary N) is 1. The molecule has 0 aromatic heterocycles. The van der Waals surface area contributed by atoms with Crippen LogP contribution < -0.4 is 5.32 Å². The molecule has 1 heterocycles. The van der Waals surface area contributed by atoms with Crippen LogP contribution in [-0.2, 0) is 0 Å². The predicted molar refractivity (Wildman–Crippen MR) is 54.6 cm³/mol. The van der Waals surface area contributed by atoms with Gasteiger partial charge in [-0.2, -0.15) is 11.8 Å². The second kappa shape index (κ2) is 5.84. The minimum atomic E-state index is 0.327. The third-order valence-electron chi connectivity index (χ3n) is 2.18. The van der Waals surface area contributed by atoms with E-state index in [0.29, 0.717) is 12.5 Å². The predicted octanol–water partition coefficient (Wildman–Crippen LogP) is 1.10. The third kappa shape index (κ3) is 3.78. The fraction of sp³-hybridized carbons (Fsp3) is 1.00. The Morgan fingerprint density at radius 2 is 2.50 bits per heavy atom. The molecule has 1 aliphatic heterocycles. The number of piperidine rings is 1. The maximum Gasteiger partial charge on any atom is 0.0464 e. The summed E-state index contributed by atoms with van der Waals surface area (Å²) in [5, 5.41) is 13.0. The van der Waals surface area contributed by atoms with Gasteiger partial charge in [-0.05, 0) is 31.1 Å². The van der Waals surface area contributed by atoms with Crippen molar-refractivity contribution in [2.75, 3.05) is 25.4 Å². The molecule has 3 heteroatoms. The normalized spacial score (nSPS) is 27.0. The van der Waals surface area contributed by atoms with Crippen molar-refractivity contribution < 1.29 is 5.11 Å². The van der Waals surface area contributed by atoms with Crippen LogP contribution in [0.25, 0.3) is 0 Å². The van der Waals surface area contributed by atoms with Gasteiger partial charge in [-0.25, -0.2) is 0 Å². The Hall–Kier alpha value is 0.270. The topological polar surface area (TPSA) is 32.3 Å². The molecule has 0 aliphatic carbocycles. The van der Waals surface area contributed by atoms with E-state index in [2.05, 4.69) is 12.2 Å². The zero-order valence-electron chi connectivity index (χ0n) is 7.75. The molecular formula is C9H19NOS. The van der Waals surface area contributed by atoms with E-state index in [1.807, 2.05) is 11.8 Å². The average Bonchev–Trinajstić information content (AvgIpc) is 2.16. The number of hydrogen-bond donors (Lipinski definition) is 2. The maximum atomic E-state index is 8.84. The van der Waals surface area contributed by atoms with Crippen LogP contribution in [0.4, 0.5) is 0 Å². The summed E-state index contributed by atoms with van der Waals surface area (Å²) in [4.78, 5) is 0. The molecule has 0 aromatic carbocycles. The van der Waals surface area contributed by atoms with Crippen molar-refractivity contribution in [1.29, 1.82) is 0 Å². The molecule has 1 aliphatic rings. The fourth-order valence-corrected chi connectivity index (χ4v) is 2.59. The second-order valence-corrected chi connectivity index (χ2v) is 4.92. The lowest BCUT2D eigenvalue weighted by Gasteiger charge is -2.23. The highest BCUT2D eigenvalue weighted by molar-refractivity contribution is 7.99. The molecule has 12 heavy (non-hydrogen) atoms. The monoisotopic (exact) mass is 189 g/mol. The standard InChI is InChI=1S/C9H19NOS/c1-8(6-11)7-12-9-3-2-4-10-5-9/h8-11H,2-7H2,1H3. The Kier molecular flexibility index (Phi) is 5.04. The number of hydrogen-bond acceptors (Lipinski definition) is 3. The summed E-state index contributed by atoms with van der Waals surface area (Å²) in [7, 11) is 0. The van der Waals surface area contributed by atoms with Gasteiger partial charge in [0, 0.05) is 18.4 Å². The van der Waals surface area contributed by atoms with Gasteiger partial charge in [-0.1, -0.05) is 6.92 Å². The quantitative estimate of drug-likeness (QED) is 0.694. The van der Waals surface area contributed by atoms with Gasteiger partial charge in [0.05, 0.1) is 0 Å². The molecule has 72 valence electrons. The molecule has 0 spiro atoms. The highest BCUT2D eigenvalue weighted by atomic mass is 32.2. The number of rotatable bonds is 4. The molecular weight excluding hydrogens is 170 g/mol. The van der Waals surface area contributed by atoms with Gasteiger partial charge in [0.2, 0.25) is 0 Å². The zero-order chi connectivity index (χ0) is 8.81. The smallest absolute Gasteiger partial charge is 0.0464 e. The summed E-state index contributed by atoms with van der Waals surface area (Å²) in [6, 6.07) is 0. The summed E-state index contributed by atoms with van der Waals surface area (Å²) in [6.07, 6.45) is 2.65. The van der Waals surface area contributed by atoms with E-state index in [1.54, 1.807) is 0 Å². The van der Waals surface area contributed by atoms with Crippen LogP contribution in [0.5, 0.6) is 0 Å². The van der Waals surface area contributed by atoms with Crippen molar-refractivity contribution in [3.63, 3.8) is 0 Å². The summed E-state index contributed by atoms with van der Waals surface area (Å²) in [5.41, 5.74) is 0. The summed E-state index contributed by atoms with van der Waals surface area (Å²) >= 11 is 2.01. The molecule has 2 unspecified atom stereocenters. The summed E-state index contributed by atoms with van der Waals surface area (Å²) < 4.78 is 0. The molecule has 0 amide bonds. The number of aliphatic hydroxyl groups is 1. The third-order valence-corrected chi connectivity index (χ3v) is 3.82. The summed E-state index contributed by atoms with van der Waals surface area (Å²) in [6.45, 7) is 4.77. The zero-order valence-corrected chi connectivity index (χ0v) is 8.57. The lowest BCUT2D eigenvalue weighted by atomic mass is 10.2. The molecule has 2 atom stereocenters. The van der Waals surface area contributed by atoms with E-state index in [-0.39, 0.29) is 0 Å². The molecule has 0 bridgehead atoms. The van der Waals surface area contributed by atoms with Crippen molar-refractivity contribution in [1.82, 2.24) is 5.32 Å². The van der Waals surface area contributed by atoms with E-state index in [4.69, 9.17) is 5.11 Å². The first-order valence-electron chi connectivity index (χ1n) is 4.76. The fourth-order valence-electron chi connectivity index (χ4n) is 1.32. The molecule has 0 aromatic rings. The molecule has 1 rings (SSSR count). The largest absolute Gasteiger partial charge is 0.396 e. The molecule has 0 saturated carbocycles. The SMILES string of the molecule is CC(CO)CSC1CCCNC1. The first-order valence-corrected chi connectivity index (χ1v) is 5.81. The van der Waals surface area contributed by atoms with E-state index in [9.17, 15) is 0 Å². The molecule has 1 fully saturated rings. The molecule has 2 N–H and O–H groups in total. The first-order chi connectivity index (χ1) is 5.83. The van der Waals surface area contributed by atoms with Crippen molar-refractivity contribution in [2.45, 2.75) is 25.0 Å². The van der Waals surface area contributed by atoms with Gasteiger partial charge in [-0.3, -0.25) is 0 Å². The van der Waals surface area contributed by atoms with Gasteiger partial charge < -0.3 is 10.4 Å². The summed E-state index contributed by atoms with van der Waals surface area (Å²) in [5.74, 6) is 1.56. The van der Waals surface area contributed by atoms with Crippen molar-refractivity contribution in [3.05, 3.63) is 0 Å². The van der Waals surface area contributed by atoms with Crippen LogP contribution in [-0.4, -0.2) is 35.8 Å². The highest BCUT2D eigenvalue weighted by Gasteiger charge is 2.13. The maximum absolute atomic E-state index is 8.84. The van der Waals surface area contributed by atoms with Gasteiger partial charge in [-0.15, -0.1) is 0 Å². The Balaban J connectivity index is 2.05. The highest BCUT2D eigenvalue weighted by Crippen LogP contribution is 2.20. The van der Waals surface area contributed by atoms with Crippen molar-refractivity contribution in [2.24, 2.45) is 5.92 Å². The Morgan fingerprint density at radius 1 is 1.67 bits per heavy atom. The second-order valence-electron chi connectivity index (χ2n) is 3.59. The van der Waals surface area contributed by atoms with Crippen molar-refractivity contribution >= 4 is 11.8 Å². The van der Waals surface area contributed by atoms with Crippen molar-refractivity contribution in [3.8, 4) is 0 Å². The van der Waals surface area contributed by atoms with Crippen LogP contribution in [0.2, 0.25) is 0 Å². The number of thioether (sulfide) groups is 1. The van der Waals surface area contributed by atoms with Crippen LogP contribution in [0.1, 0.15) is 19.8 Å². The van der Waals surface area contributed by atoms with Crippen LogP contribution in [0.3, 0.4) is 0 Å². The van der Waals surface area contributed by atoms with E-state index in [1.165, 1.54) is 19.4 Å². The van der Waals surface area contributed by atoms with Crippen LogP contribution in [0, 0.1) is 5.92 Å². The van der Waals surface area contributed by atoms with Gasteiger partial charge in [0.15, 0.2) is 0 Å². The molecule has 1 saturated heterocycles. The lowest BCUT2D eigenvalue weighted by molar-refractivity contribution is 0.250. The van der Waals surface area contributed by atoms with E-state index in [0.717, 1.165) is 17.5 Å². The minimum Gasteiger partial charge on any atom is -0.396 e.